The Hall–Kier alpha value is -1.69. The molecular formula is C13H15F2NO3. The molecule has 1 aliphatic rings. The van der Waals surface area contributed by atoms with Gasteiger partial charge in [0.2, 0.25) is 0 Å². The molecule has 0 radical (unpaired) electrons. The van der Waals surface area contributed by atoms with Crippen LogP contribution in [-0.2, 0) is 0 Å². The van der Waals surface area contributed by atoms with Gasteiger partial charge in [0.1, 0.15) is 12.4 Å². The zero-order chi connectivity index (χ0) is 13.9. The summed E-state index contributed by atoms with van der Waals surface area (Å²) in [5.41, 5.74) is 0.144. The number of carboxylic acids is 1. The van der Waals surface area contributed by atoms with E-state index in [0.29, 0.717) is 18.8 Å². The van der Waals surface area contributed by atoms with Crippen LogP contribution in [0.25, 0.3) is 0 Å². The molecule has 0 unspecified atom stereocenters. The molecule has 1 heterocycles. The highest BCUT2D eigenvalue weighted by atomic mass is 19.3. The number of hydrogen-bond donors (Lipinski definition) is 1. The van der Waals surface area contributed by atoms with E-state index >= 15 is 0 Å². The third-order valence-corrected chi connectivity index (χ3v) is 3.01. The summed E-state index contributed by atoms with van der Waals surface area (Å²) in [6, 6.07) is 6.12. The van der Waals surface area contributed by atoms with Gasteiger partial charge in [-0.15, -0.1) is 0 Å². The van der Waals surface area contributed by atoms with E-state index in [2.05, 4.69) is 0 Å². The van der Waals surface area contributed by atoms with Crippen molar-refractivity contribution in [3.63, 3.8) is 0 Å². The van der Waals surface area contributed by atoms with Gasteiger partial charge in [-0.25, -0.2) is 13.6 Å². The fourth-order valence-electron chi connectivity index (χ4n) is 2.01. The number of carboxylic acid groups (broad SMARTS) is 1. The molecule has 6 heteroatoms. The number of halogens is 2. The van der Waals surface area contributed by atoms with E-state index in [1.807, 2.05) is 0 Å². The van der Waals surface area contributed by atoms with E-state index in [0.717, 1.165) is 0 Å². The normalized spacial score (nSPS) is 18.4. The summed E-state index contributed by atoms with van der Waals surface area (Å²) in [6.07, 6.45) is -0.110. The molecule has 19 heavy (non-hydrogen) atoms. The quantitative estimate of drug-likeness (QED) is 0.891. The van der Waals surface area contributed by atoms with Crippen molar-refractivity contribution in [3.8, 4) is 5.75 Å². The minimum absolute atomic E-state index is 0.110. The van der Waals surface area contributed by atoms with E-state index in [4.69, 9.17) is 9.84 Å². The molecule has 1 fully saturated rings. The summed E-state index contributed by atoms with van der Waals surface area (Å²) in [5.74, 6) is -3.18. The Labute approximate surface area is 109 Å². The molecule has 0 saturated carbocycles. The van der Waals surface area contributed by atoms with Crippen molar-refractivity contribution < 1.29 is 23.4 Å². The van der Waals surface area contributed by atoms with Crippen LogP contribution >= 0.6 is 0 Å². The van der Waals surface area contributed by atoms with E-state index in [1.165, 1.54) is 12.1 Å². The maximum absolute atomic E-state index is 12.9. The number of nitrogens with zero attached hydrogens (tertiary/aromatic N) is 1. The molecule has 104 valence electrons. The number of alkyl halides is 2. The highest BCUT2D eigenvalue weighted by Gasteiger charge is 2.37. The molecule has 1 aliphatic heterocycles. The lowest BCUT2D eigenvalue weighted by Crippen LogP contribution is -2.29. The van der Waals surface area contributed by atoms with E-state index in [9.17, 15) is 13.6 Å². The fraction of sp³-hybridized carbons (Fsp3) is 0.462. The van der Waals surface area contributed by atoms with Crippen LogP contribution in [0.3, 0.4) is 0 Å². The second kappa shape index (κ2) is 5.52. The van der Waals surface area contributed by atoms with Gasteiger partial charge in [0.05, 0.1) is 12.1 Å². The Balaban J connectivity index is 1.80. The first-order valence-electron chi connectivity index (χ1n) is 6.03. The molecule has 1 aromatic carbocycles. The maximum atomic E-state index is 12.9. The number of rotatable bonds is 5. The van der Waals surface area contributed by atoms with Crippen molar-refractivity contribution in [2.24, 2.45) is 0 Å². The topological polar surface area (TPSA) is 49.8 Å². The van der Waals surface area contributed by atoms with Crippen LogP contribution in [0.5, 0.6) is 5.75 Å². The second-order valence-electron chi connectivity index (χ2n) is 4.56. The van der Waals surface area contributed by atoms with Crippen molar-refractivity contribution >= 4 is 5.97 Å². The van der Waals surface area contributed by atoms with Crippen molar-refractivity contribution in [1.82, 2.24) is 4.90 Å². The van der Waals surface area contributed by atoms with Crippen LogP contribution in [0.4, 0.5) is 8.78 Å². The third kappa shape index (κ3) is 3.89. The van der Waals surface area contributed by atoms with E-state index in [-0.39, 0.29) is 25.1 Å². The van der Waals surface area contributed by atoms with Crippen LogP contribution in [0.2, 0.25) is 0 Å². The molecule has 0 spiro atoms. The van der Waals surface area contributed by atoms with Gasteiger partial charge in [-0.1, -0.05) is 6.07 Å². The minimum atomic E-state index is -2.59. The summed E-state index contributed by atoms with van der Waals surface area (Å²) in [7, 11) is 0. The zero-order valence-corrected chi connectivity index (χ0v) is 10.3. The molecule has 1 aromatic rings. The second-order valence-corrected chi connectivity index (χ2v) is 4.56. The Bertz CT molecular complexity index is 465. The maximum Gasteiger partial charge on any atom is 0.335 e. The summed E-state index contributed by atoms with van der Waals surface area (Å²) in [6.45, 7) is 0.809. The summed E-state index contributed by atoms with van der Waals surface area (Å²) in [4.78, 5) is 12.4. The molecule has 0 amide bonds. The monoisotopic (exact) mass is 271 g/mol. The molecule has 0 bridgehead atoms. The first-order valence-corrected chi connectivity index (χ1v) is 6.03. The van der Waals surface area contributed by atoms with Gasteiger partial charge in [0.15, 0.2) is 0 Å². The fourth-order valence-corrected chi connectivity index (χ4v) is 2.01. The number of likely N-dealkylation sites (tertiary alicyclic amines) is 1. The van der Waals surface area contributed by atoms with Gasteiger partial charge in [-0.2, -0.15) is 0 Å². The SMILES string of the molecule is O=C(O)c1cccc(OCCN2CCC(F)(F)C2)c1. The van der Waals surface area contributed by atoms with Crippen LogP contribution in [-0.4, -0.2) is 48.1 Å². The zero-order valence-electron chi connectivity index (χ0n) is 10.3. The van der Waals surface area contributed by atoms with Gasteiger partial charge < -0.3 is 9.84 Å². The first-order chi connectivity index (χ1) is 8.96. The average molecular weight is 271 g/mol. The molecular weight excluding hydrogens is 256 g/mol. The van der Waals surface area contributed by atoms with Crippen molar-refractivity contribution in [2.75, 3.05) is 26.2 Å². The minimum Gasteiger partial charge on any atom is -0.492 e. The van der Waals surface area contributed by atoms with E-state index < -0.39 is 11.9 Å². The van der Waals surface area contributed by atoms with Gasteiger partial charge in [0.25, 0.3) is 5.92 Å². The summed E-state index contributed by atoms with van der Waals surface area (Å²) < 4.78 is 31.3. The predicted octanol–water partition coefficient (Wildman–Crippen LogP) is 2.10. The molecule has 2 rings (SSSR count). The Morgan fingerprint density at radius 1 is 1.47 bits per heavy atom. The Morgan fingerprint density at radius 2 is 2.26 bits per heavy atom. The van der Waals surface area contributed by atoms with Gasteiger partial charge in [0, 0.05) is 19.5 Å². The third-order valence-electron chi connectivity index (χ3n) is 3.01. The molecule has 0 aliphatic carbocycles. The van der Waals surface area contributed by atoms with Gasteiger partial charge in [-0.3, -0.25) is 4.90 Å². The van der Waals surface area contributed by atoms with Gasteiger partial charge in [-0.05, 0) is 18.2 Å². The highest BCUT2D eigenvalue weighted by Crippen LogP contribution is 2.26. The van der Waals surface area contributed by atoms with Crippen molar-refractivity contribution in [3.05, 3.63) is 29.8 Å². The molecule has 4 nitrogen and oxygen atoms in total. The molecule has 1 saturated heterocycles. The van der Waals surface area contributed by atoms with Crippen molar-refractivity contribution in [2.45, 2.75) is 12.3 Å². The lowest BCUT2D eigenvalue weighted by atomic mass is 10.2. The first kappa shape index (κ1) is 13.7. The van der Waals surface area contributed by atoms with Crippen LogP contribution < -0.4 is 4.74 Å². The highest BCUT2D eigenvalue weighted by molar-refractivity contribution is 5.87. The Kier molecular flexibility index (Phi) is 3.99. The van der Waals surface area contributed by atoms with Crippen LogP contribution in [0.1, 0.15) is 16.8 Å². The number of hydrogen-bond acceptors (Lipinski definition) is 3. The molecule has 0 atom stereocenters. The van der Waals surface area contributed by atoms with Crippen LogP contribution in [0.15, 0.2) is 24.3 Å². The van der Waals surface area contributed by atoms with E-state index in [1.54, 1.807) is 17.0 Å². The van der Waals surface area contributed by atoms with Gasteiger partial charge >= 0.3 is 5.97 Å². The number of aromatic carboxylic acids is 1. The average Bonchev–Trinajstić information content (AvgIpc) is 2.69. The van der Waals surface area contributed by atoms with Crippen LogP contribution in [0, 0.1) is 0 Å². The molecule has 1 N–H and O–H groups in total. The predicted molar refractivity (Wildman–Crippen MR) is 64.9 cm³/mol. The Morgan fingerprint density at radius 3 is 2.89 bits per heavy atom. The number of ether oxygens (including phenoxy) is 1. The summed E-state index contributed by atoms with van der Waals surface area (Å²) in [5, 5.41) is 8.82. The smallest absolute Gasteiger partial charge is 0.335 e. The lowest BCUT2D eigenvalue weighted by Gasteiger charge is -2.15. The largest absolute Gasteiger partial charge is 0.492 e. The summed E-state index contributed by atoms with van der Waals surface area (Å²) >= 11 is 0. The standard InChI is InChI=1S/C13H15F2NO3/c14-13(15)4-5-16(9-13)6-7-19-11-3-1-2-10(8-11)12(17)18/h1-3,8H,4-7,9H2,(H,17,18). The molecule has 0 aromatic heterocycles. The number of carbonyl (C=O) groups is 1. The number of benzene rings is 1. The van der Waals surface area contributed by atoms with Crippen molar-refractivity contribution in [1.29, 1.82) is 0 Å². The lowest BCUT2D eigenvalue weighted by molar-refractivity contribution is 0.0112.